The molecule has 19 heavy (non-hydrogen) atoms. The second-order valence-electron chi connectivity index (χ2n) is 5.29. The standard InChI is InChI=1S/C15H23FN2O/c1-11-7-8-12(16)10-14(11)15(18-17)6-2-4-13-5-3-9-19-13/h7-8,10,13,15,18H,2-6,9,17H2,1H3. The van der Waals surface area contributed by atoms with Crippen LogP contribution in [0.1, 0.15) is 49.3 Å². The van der Waals surface area contributed by atoms with Gasteiger partial charge in [0, 0.05) is 12.6 Å². The van der Waals surface area contributed by atoms with Crippen LogP contribution in [0.5, 0.6) is 0 Å². The summed E-state index contributed by atoms with van der Waals surface area (Å²) in [6.07, 6.45) is 5.75. The Hall–Kier alpha value is -0.970. The van der Waals surface area contributed by atoms with Crippen LogP contribution in [0.3, 0.4) is 0 Å². The van der Waals surface area contributed by atoms with E-state index in [0.717, 1.165) is 37.0 Å². The van der Waals surface area contributed by atoms with Crippen LogP contribution in [0.25, 0.3) is 0 Å². The average Bonchev–Trinajstić information content (AvgIpc) is 2.91. The summed E-state index contributed by atoms with van der Waals surface area (Å²) in [5.74, 6) is 5.41. The second-order valence-corrected chi connectivity index (χ2v) is 5.29. The molecular weight excluding hydrogens is 243 g/mol. The summed E-state index contributed by atoms with van der Waals surface area (Å²) >= 11 is 0. The SMILES string of the molecule is Cc1ccc(F)cc1C(CCCC1CCCO1)NN. The fourth-order valence-corrected chi connectivity index (χ4v) is 2.74. The van der Waals surface area contributed by atoms with Gasteiger partial charge < -0.3 is 4.74 Å². The Morgan fingerprint density at radius 3 is 3.05 bits per heavy atom. The van der Waals surface area contributed by atoms with E-state index in [0.29, 0.717) is 6.10 Å². The summed E-state index contributed by atoms with van der Waals surface area (Å²) in [7, 11) is 0. The molecule has 4 heteroatoms. The van der Waals surface area contributed by atoms with Crippen molar-refractivity contribution < 1.29 is 9.13 Å². The largest absolute Gasteiger partial charge is 0.378 e. The van der Waals surface area contributed by atoms with Gasteiger partial charge >= 0.3 is 0 Å². The maximum atomic E-state index is 13.3. The lowest BCUT2D eigenvalue weighted by Crippen LogP contribution is -2.28. The lowest BCUT2D eigenvalue weighted by Gasteiger charge is -2.19. The van der Waals surface area contributed by atoms with Gasteiger partial charge in [0.25, 0.3) is 0 Å². The Morgan fingerprint density at radius 1 is 1.53 bits per heavy atom. The second kappa shape index (κ2) is 6.98. The smallest absolute Gasteiger partial charge is 0.123 e. The molecule has 2 atom stereocenters. The lowest BCUT2D eigenvalue weighted by molar-refractivity contribution is 0.101. The Morgan fingerprint density at radius 2 is 2.37 bits per heavy atom. The van der Waals surface area contributed by atoms with Gasteiger partial charge in [-0.05, 0) is 62.3 Å². The molecule has 1 aliphatic rings. The molecule has 2 unspecified atom stereocenters. The molecular formula is C15H23FN2O. The monoisotopic (exact) mass is 266 g/mol. The zero-order valence-corrected chi connectivity index (χ0v) is 11.5. The van der Waals surface area contributed by atoms with Crippen molar-refractivity contribution >= 4 is 0 Å². The van der Waals surface area contributed by atoms with Crippen LogP contribution in [0, 0.1) is 12.7 Å². The van der Waals surface area contributed by atoms with Crippen LogP contribution in [-0.4, -0.2) is 12.7 Å². The van der Waals surface area contributed by atoms with Gasteiger partial charge in [-0.2, -0.15) is 0 Å². The molecule has 0 saturated carbocycles. The van der Waals surface area contributed by atoms with E-state index in [4.69, 9.17) is 10.6 Å². The number of ether oxygens (including phenoxy) is 1. The first kappa shape index (κ1) is 14.4. The van der Waals surface area contributed by atoms with Crippen LogP contribution < -0.4 is 11.3 Å². The first-order valence-corrected chi connectivity index (χ1v) is 7.04. The van der Waals surface area contributed by atoms with Gasteiger partial charge in [-0.3, -0.25) is 11.3 Å². The quantitative estimate of drug-likeness (QED) is 0.614. The topological polar surface area (TPSA) is 47.3 Å². The molecule has 2 rings (SSSR count). The first-order valence-electron chi connectivity index (χ1n) is 7.04. The molecule has 1 aromatic rings. The molecule has 1 saturated heterocycles. The van der Waals surface area contributed by atoms with Gasteiger partial charge in [0.15, 0.2) is 0 Å². The van der Waals surface area contributed by atoms with E-state index >= 15 is 0 Å². The average molecular weight is 266 g/mol. The predicted molar refractivity (Wildman–Crippen MR) is 74.0 cm³/mol. The highest BCUT2D eigenvalue weighted by molar-refractivity contribution is 5.29. The van der Waals surface area contributed by atoms with Gasteiger partial charge in [0.05, 0.1) is 6.10 Å². The highest BCUT2D eigenvalue weighted by atomic mass is 19.1. The number of hydrogen-bond acceptors (Lipinski definition) is 3. The van der Waals surface area contributed by atoms with Crippen LogP contribution in [0.15, 0.2) is 18.2 Å². The fourth-order valence-electron chi connectivity index (χ4n) is 2.74. The molecule has 1 fully saturated rings. The van der Waals surface area contributed by atoms with Crippen LogP contribution in [0.2, 0.25) is 0 Å². The van der Waals surface area contributed by atoms with Crippen molar-refractivity contribution in [3.05, 3.63) is 35.1 Å². The van der Waals surface area contributed by atoms with Crippen molar-refractivity contribution in [1.82, 2.24) is 5.43 Å². The Labute approximate surface area is 114 Å². The first-order chi connectivity index (χ1) is 9.20. The van der Waals surface area contributed by atoms with E-state index in [1.165, 1.54) is 18.9 Å². The predicted octanol–water partition coefficient (Wildman–Crippen LogP) is 2.99. The van der Waals surface area contributed by atoms with Crippen molar-refractivity contribution in [2.75, 3.05) is 6.61 Å². The minimum absolute atomic E-state index is 0.0112. The Bertz CT molecular complexity index is 405. The summed E-state index contributed by atoms with van der Waals surface area (Å²) in [5, 5.41) is 0. The van der Waals surface area contributed by atoms with E-state index in [1.807, 2.05) is 6.92 Å². The lowest BCUT2D eigenvalue weighted by atomic mass is 9.96. The molecule has 1 heterocycles. The third kappa shape index (κ3) is 4.00. The van der Waals surface area contributed by atoms with Gasteiger partial charge in [-0.1, -0.05) is 6.07 Å². The zero-order chi connectivity index (χ0) is 13.7. The van der Waals surface area contributed by atoms with Gasteiger partial charge in [-0.25, -0.2) is 4.39 Å². The van der Waals surface area contributed by atoms with Crippen molar-refractivity contribution in [3.63, 3.8) is 0 Å². The molecule has 0 aromatic heterocycles. The van der Waals surface area contributed by atoms with E-state index in [1.54, 1.807) is 12.1 Å². The number of nitrogens with one attached hydrogen (secondary N) is 1. The van der Waals surface area contributed by atoms with Crippen LogP contribution in [-0.2, 0) is 4.74 Å². The van der Waals surface area contributed by atoms with Gasteiger partial charge in [0.2, 0.25) is 0 Å². The summed E-state index contributed by atoms with van der Waals surface area (Å²) in [6.45, 7) is 2.88. The minimum atomic E-state index is -0.208. The molecule has 3 N–H and O–H groups in total. The van der Waals surface area contributed by atoms with E-state index < -0.39 is 0 Å². The molecule has 3 nitrogen and oxygen atoms in total. The van der Waals surface area contributed by atoms with Gasteiger partial charge in [-0.15, -0.1) is 0 Å². The van der Waals surface area contributed by atoms with E-state index in [9.17, 15) is 4.39 Å². The number of hydrazine groups is 1. The van der Waals surface area contributed by atoms with Crippen molar-refractivity contribution in [2.45, 2.75) is 51.2 Å². The third-order valence-corrected chi connectivity index (χ3v) is 3.86. The Kier molecular flexibility index (Phi) is 5.31. The molecule has 1 aliphatic heterocycles. The summed E-state index contributed by atoms with van der Waals surface area (Å²) < 4.78 is 18.9. The molecule has 0 amide bonds. The zero-order valence-electron chi connectivity index (χ0n) is 11.5. The van der Waals surface area contributed by atoms with Crippen molar-refractivity contribution in [1.29, 1.82) is 0 Å². The minimum Gasteiger partial charge on any atom is -0.378 e. The molecule has 106 valence electrons. The van der Waals surface area contributed by atoms with Crippen LogP contribution in [0.4, 0.5) is 4.39 Å². The normalized spacial score (nSPS) is 20.7. The van der Waals surface area contributed by atoms with Gasteiger partial charge in [0.1, 0.15) is 5.82 Å². The molecule has 0 radical (unpaired) electrons. The number of aryl methyl sites for hydroxylation is 1. The third-order valence-electron chi connectivity index (χ3n) is 3.86. The maximum Gasteiger partial charge on any atom is 0.123 e. The molecule has 0 spiro atoms. The summed E-state index contributed by atoms with van der Waals surface area (Å²) in [6, 6.07) is 4.87. The van der Waals surface area contributed by atoms with Crippen LogP contribution >= 0.6 is 0 Å². The highest BCUT2D eigenvalue weighted by Gasteiger charge is 2.17. The number of halogens is 1. The summed E-state index contributed by atoms with van der Waals surface area (Å²) in [5.41, 5.74) is 4.83. The maximum absolute atomic E-state index is 13.3. The molecule has 0 bridgehead atoms. The fraction of sp³-hybridized carbons (Fsp3) is 0.600. The molecule has 1 aromatic carbocycles. The Balaban J connectivity index is 1.89. The van der Waals surface area contributed by atoms with E-state index in [-0.39, 0.29) is 11.9 Å². The highest BCUT2D eigenvalue weighted by Crippen LogP contribution is 2.25. The summed E-state index contributed by atoms with van der Waals surface area (Å²) in [4.78, 5) is 0. The number of nitrogens with two attached hydrogens (primary N) is 1. The number of rotatable bonds is 6. The number of benzene rings is 1. The van der Waals surface area contributed by atoms with E-state index in [2.05, 4.69) is 5.43 Å². The van der Waals surface area contributed by atoms with Crippen molar-refractivity contribution in [3.8, 4) is 0 Å². The van der Waals surface area contributed by atoms with Crippen molar-refractivity contribution in [2.24, 2.45) is 5.84 Å². The molecule has 0 aliphatic carbocycles. The number of hydrogen-bond donors (Lipinski definition) is 2.